The van der Waals surface area contributed by atoms with Gasteiger partial charge in [-0.15, -0.1) is 0 Å². The van der Waals surface area contributed by atoms with Crippen molar-refractivity contribution in [3.05, 3.63) is 0 Å². The van der Waals surface area contributed by atoms with Gasteiger partial charge in [0.15, 0.2) is 0 Å². The summed E-state index contributed by atoms with van der Waals surface area (Å²) in [6, 6.07) is 0. The minimum Gasteiger partial charge on any atom is -0.481 e. The molecule has 0 saturated heterocycles. The SMILES string of the molecule is O=C(O)CCC(O)I. The van der Waals surface area contributed by atoms with Crippen LogP contribution in [0.3, 0.4) is 0 Å². The van der Waals surface area contributed by atoms with E-state index >= 15 is 0 Å². The average molecular weight is 230 g/mol. The van der Waals surface area contributed by atoms with Crippen LogP contribution in [0.5, 0.6) is 0 Å². The van der Waals surface area contributed by atoms with Crippen LogP contribution < -0.4 is 0 Å². The van der Waals surface area contributed by atoms with E-state index in [2.05, 4.69) is 0 Å². The van der Waals surface area contributed by atoms with Gasteiger partial charge in [0.05, 0.1) is 0 Å². The molecule has 0 aliphatic carbocycles. The molecule has 0 aliphatic rings. The second kappa shape index (κ2) is 4.08. The lowest BCUT2D eigenvalue weighted by Crippen LogP contribution is -2.00. The van der Waals surface area contributed by atoms with Crippen molar-refractivity contribution in [3.8, 4) is 0 Å². The number of carbonyl (C=O) groups is 1. The van der Waals surface area contributed by atoms with E-state index in [4.69, 9.17) is 10.2 Å². The second-order valence-corrected chi connectivity index (χ2v) is 2.80. The first-order valence-corrected chi connectivity index (χ1v) is 3.41. The van der Waals surface area contributed by atoms with Crippen LogP contribution in [0.1, 0.15) is 12.8 Å². The quantitative estimate of drug-likeness (QED) is 0.551. The van der Waals surface area contributed by atoms with Crippen LogP contribution in [-0.4, -0.2) is 20.3 Å². The summed E-state index contributed by atoms with van der Waals surface area (Å²) in [5.41, 5.74) is 0. The van der Waals surface area contributed by atoms with E-state index in [1.165, 1.54) is 0 Å². The molecule has 0 rings (SSSR count). The third-order valence-electron chi connectivity index (χ3n) is 0.596. The van der Waals surface area contributed by atoms with E-state index in [-0.39, 0.29) is 6.42 Å². The van der Waals surface area contributed by atoms with Gasteiger partial charge in [-0.25, -0.2) is 0 Å². The minimum absolute atomic E-state index is 0.0457. The second-order valence-electron chi connectivity index (χ2n) is 1.37. The Kier molecular flexibility index (Phi) is 4.16. The topological polar surface area (TPSA) is 57.5 Å². The van der Waals surface area contributed by atoms with Gasteiger partial charge in [-0.05, 0) is 6.42 Å². The van der Waals surface area contributed by atoms with Gasteiger partial charge in [-0.1, -0.05) is 22.6 Å². The van der Waals surface area contributed by atoms with Crippen LogP contribution in [0.25, 0.3) is 0 Å². The summed E-state index contributed by atoms with van der Waals surface area (Å²) in [6.45, 7) is 0. The molecule has 0 aromatic rings. The number of aliphatic hydroxyl groups excluding tert-OH is 1. The van der Waals surface area contributed by atoms with Crippen molar-refractivity contribution in [2.24, 2.45) is 0 Å². The number of aliphatic carboxylic acids is 1. The lowest BCUT2D eigenvalue weighted by atomic mass is 10.3. The number of alkyl halides is 1. The largest absolute Gasteiger partial charge is 0.481 e. The Morgan fingerprint density at radius 1 is 1.75 bits per heavy atom. The van der Waals surface area contributed by atoms with Crippen LogP contribution in [0.15, 0.2) is 0 Å². The van der Waals surface area contributed by atoms with Crippen molar-refractivity contribution < 1.29 is 15.0 Å². The number of carboxylic acids is 1. The molecule has 0 bridgehead atoms. The average Bonchev–Trinajstić information content (AvgIpc) is 1.61. The number of aliphatic hydroxyl groups is 1. The highest BCUT2D eigenvalue weighted by atomic mass is 127. The predicted octanol–water partition coefficient (Wildman–Crippen LogP) is 0.605. The number of hydrogen-bond donors (Lipinski definition) is 2. The molecule has 1 atom stereocenters. The lowest BCUT2D eigenvalue weighted by Gasteiger charge is -1.95. The zero-order chi connectivity index (χ0) is 6.57. The number of hydrogen-bond acceptors (Lipinski definition) is 2. The molecule has 8 heavy (non-hydrogen) atoms. The van der Waals surface area contributed by atoms with E-state index in [9.17, 15) is 4.79 Å². The summed E-state index contributed by atoms with van der Waals surface area (Å²) >= 11 is 1.77. The van der Waals surface area contributed by atoms with Crippen LogP contribution in [0.4, 0.5) is 0 Å². The zero-order valence-corrected chi connectivity index (χ0v) is 6.33. The smallest absolute Gasteiger partial charge is 0.303 e. The van der Waals surface area contributed by atoms with Crippen molar-refractivity contribution in [2.75, 3.05) is 0 Å². The molecule has 0 aromatic carbocycles. The molecule has 3 nitrogen and oxygen atoms in total. The molecule has 0 spiro atoms. The van der Waals surface area contributed by atoms with Crippen LogP contribution in [-0.2, 0) is 4.79 Å². The van der Waals surface area contributed by atoms with Crippen LogP contribution in [0.2, 0.25) is 0 Å². The molecule has 4 heteroatoms. The van der Waals surface area contributed by atoms with Gasteiger partial charge in [0, 0.05) is 6.42 Å². The third kappa shape index (κ3) is 6.16. The molecule has 48 valence electrons. The molecule has 0 heterocycles. The Balaban J connectivity index is 3.05. The van der Waals surface area contributed by atoms with Gasteiger partial charge >= 0.3 is 5.97 Å². The summed E-state index contributed by atoms with van der Waals surface area (Å²) in [5.74, 6) is -0.860. The minimum atomic E-state index is -0.860. The van der Waals surface area contributed by atoms with Gasteiger partial charge < -0.3 is 10.2 Å². The number of halogens is 1. The monoisotopic (exact) mass is 230 g/mol. The fourth-order valence-corrected chi connectivity index (χ4v) is 0.554. The summed E-state index contributed by atoms with van der Waals surface area (Å²) in [7, 11) is 0. The highest BCUT2D eigenvalue weighted by Crippen LogP contribution is 2.03. The number of carboxylic acid groups (broad SMARTS) is 1. The van der Waals surface area contributed by atoms with Gasteiger partial charge in [-0.3, -0.25) is 4.79 Å². The van der Waals surface area contributed by atoms with Crippen molar-refractivity contribution >= 4 is 28.6 Å². The van der Waals surface area contributed by atoms with E-state index in [0.29, 0.717) is 6.42 Å². The maximum atomic E-state index is 9.79. The Hall–Kier alpha value is 0.160. The van der Waals surface area contributed by atoms with E-state index in [0.717, 1.165) is 0 Å². The normalized spacial score (nSPS) is 13.2. The molecule has 0 fully saturated rings. The van der Waals surface area contributed by atoms with Gasteiger partial charge in [-0.2, -0.15) is 0 Å². The Bertz CT molecular complexity index is 81.4. The molecule has 0 aromatic heterocycles. The summed E-state index contributed by atoms with van der Waals surface area (Å²) in [6.07, 6.45) is 0.375. The molecule has 1 unspecified atom stereocenters. The Labute approximate surface area is 60.8 Å². The molecule has 0 aliphatic heterocycles. The Morgan fingerprint density at radius 3 is 2.38 bits per heavy atom. The molecular weight excluding hydrogens is 223 g/mol. The summed E-state index contributed by atoms with van der Waals surface area (Å²) < 4.78 is -0.524. The van der Waals surface area contributed by atoms with Crippen LogP contribution >= 0.6 is 22.6 Å². The summed E-state index contributed by atoms with van der Waals surface area (Å²) in [4.78, 5) is 9.79. The predicted molar refractivity (Wildman–Crippen MR) is 36.9 cm³/mol. The zero-order valence-electron chi connectivity index (χ0n) is 4.17. The molecule has 0 saturated carbocycles. The maximum Gasteiger partial charge on any atom is 0.303 e. The van der Waals surface area contributed by atoms with Crippen molar-refractivity contribution in [1.29, 1.82) is 0 Å². The Morgan fingerprint density at radius 2 is 2.25 bits per heavy atom. The fraction of sp³-hybridized carbons (Fsp3) is 0.750. The molecule has 2 N–H and O–H groups in total. The van der Waals surface area contributed by atoms with Crippen molar-refractivity contribution in [1.82, 2.24) is 0 Å². The highest BCUT2D eigenvalue weighted by molar-refractivity contribution is 14.1. The van der Waals surface area contributed by atoms with Crippen molar-refractivity contribution in [2.45, 2.75) is 17.0 Å². The van der Waals surface area contributed by atoms with Crippen LogP contribution in [0, 0.1) is 0 Å². The van der Waals surface area contributed by atoms with E-state index in [1.54, 1.807) is 22.6 Å². The van der Waals surface area contributed by atoms with Crippen molar-refractivity contribution in [3.63, 3.8) is 0 Å². The summed E-state index contributed by atoms with van der Waals surface area (Å²) in [5, 5.41) is 16.6. The van der Waals surface area contributed by atoms with Gasteiger partial charge in [0.25, 0.3) is 0 Å². The van der Waals surface area contributed by atoms with E-state index < -0.39 is 10.1 Å². The first-order valence-electron chi connectivity index (χ1n) is 2.17. The standard InChI is InChI=1S/C4H7IO3/c5-3(6)1-2-4(7)8/h3,6H,1-2H2,(H,7,8). The highest BCUT2D eigenvalue weighted by Gasteiger charge is 2.00. The van der Waals surface area contributed by atoms with Gasteiger partial charge in [0.1, 0.15) is 4.11 Å². The fourth-order valence-electron chi connectivity index (χ4n) is 0.243. The lowest BCUT2D eigenvalue weighted by molar-refractivity contribution is -0.137. The molecule has 0 radical (unpaired) electrons. The van der Waals surface area contributed by atoms with E-state index in [1.807, 2.05) is 0 Å². The number of rotatable bonds is 3. The first kappa shape index (κ1) is 8.16. The molecular formula is C4H7IO3. The van der Waals surface area contributed by atoms with Gasteiger partial charge in [0.2, 0.25) is 0 Å². The molecule has 0 amide bonds. The first-order chi connectivity index (χ1) is 3.63. The third-order valence-corrected chi connectivity index (χ3v) is 1.22. The maximum absolute atomic E-state index is 9.79.